The average Bonchev–Trinajstić information content (AvgIpc) is 2.77. The van der Waals surface area contributed by atoms with E-state index in [9.17, 15) is 4.79 Å². The maximum atomic E-state index is 12.2. The lowest BCUT2D eigenvalue weighted by Crippen LogP contribution is -2.46. The second-order valence-electron chi connectivity index (χ2n) is 7.92. The van der Waals surface area contributed by atoms with Gasteiger partial charge in [-0.3, -0.25) is 4.79 Å². The number of hydrogen-bond acceptors (Lipinski definition) is 4. The third kappa shape index (κ3) is 5.03. The minimum Gasteiger partial charge on any atom is -0.484 e. The molecule has 5 nitrogen and oxygen atoms in total. The Morgan fingerprint density at radius 3 is 2.57 bits per heavy atom. The summed E-state index contributed by atoms with van der Waals surface area (Å²) in [7, 11) is 0. The standard InChI is InChI=1S/C23H30N2O3/c26-23(17-28-22-6-5-19-3-1-2-4-20(19)15-22)24-16-18-7-11-25(12-8-18)21-9-13-27-14-10-21/h1-6,15,18,21H,7-14,16-17H2,(H,24,26). The smallest absolute Gasteiger partial charge is 0.257 e. The molecule has 4 rings (SSSR count). The van der Waals surface area contributed by atoms with E-state index in [1.54, 1.807) is 0 Å². The number of carbonyl (C=O) groups is 1. The van der Waals surface area contributed by atoms with E-state index >= 15 is 0 Å². The van der Waals surface area contributed by atoms with Crippen molar-refractivity contribution in [3.63, 3.8) is 0 Å². The van der Waals surface area contributed by atoms with Gasteiger partial charge in [-0.2, -0.15) is 0 Å². The molecule has 28 heavy (non-hydrogen) atoms. The second kappa shape index (κ2) is 9.39. The number of rotatable bonds is 6. The third-order valence-electron chi connectivity index (χ3n) is 6.04. The number of hydrogen-bond donors (Lipinski definition) is 1. The van der Waals surface area contributed by atoms with Gasteiger partial charge in [0.1, 0.15) is 5.75 Å². The molecule has 2 aliphatic rings. The molecule has 2 aromatic rings. The van der Waals surface area contributed by atoms with Crippen LogP contribution in [0, 0.1) is 5.92 Å². The Balaban J connectivity index is 1.16. The molecule has 1 N–H and O–H groups in total. The maximum absolute atomic E-state index is 12.2. The SMILES string of the molecule is O=C(COc1ccc2ccccc2c1)NCC1CCN(C2CCOCC2)CC1. The van der Waals surface area contributed by atoms with E-state index in [2.05, 4.69) is 22.3 Å². The summed E-state index contributed by atoms with van der Waals surface area (Å²) in [4.78, 5) is 14.8. The number of piperidine rings is 1. The second-order valence-corrected chi connectivity index (χ2v) is 7.92. The lowest BCUT2D eigenvalue weighted by atomic mass is 9.94. The van der Waals surface area contributed by atoms with Crippen LogP contribution in [-0.4, -0.2) is 56.3 Å². The number of benzene rings is 2. The van der Waals surface area contributed by atoms with Crippen LogP contribution >= 0.6 is 0 Å². The zero-order valence-electron chi connectivity index (χ0n) is 16.4. The molecule has 2 heterocycles. The van der Waals surface area contributed by atoms with Gasteiger partial charge in [-0.15, -0.1) is 0 Å². The first-order valence-electron chi connectivity index (χ1n) is 10.5. The van der Waals surface area contributed by atoms with Crippen LogP contribution in [-0.2, 0) is 9.53 Å². The van der Waals surface area contributed by atoms with Crippen molar-refractivity contribution >= 4 is 16.7 Å². The summed E-state index contributed by atoms with van der Waals surface area (Å²) >= 11 is 0. The Labute approximate surface area is 167 Å². The number of nitrogens with zero attached hydrogens (tertiary/aromatic N) is 1. The van der Waals surface area contributed by atoms with Crippen LogP contribution in [0.3, 0.4) is 0 Å². The Morgan fingerprint density at radius 2 is 1.79 bits per heavy atom. The molecule has 150 valence electrons. The molecule has 2 aromatic carbocycles. The van der Waals surface area contributed by atoms with Crippen LogP contribution in [0.15, 0.2) is 42.5 Å². The molecule has 2 fully saturated rings. The Hall–Kier alpha value is -2.11. The zero-order chi connectivity index (χ0) is 19.2. The van der Waals surface area contributed by atoms with Crippen LogP contribution in [0.25, 0.3) is 10.8 Å². The molecule has 0 unspecified atom stereocenters. The summed E-state index contributed by atoms with van der Waals surface area (Å²) in [5, 5.41) is 5.35. The number of fused-ring (bicyclic) bond motifs is 1. The molecule has 0 saturated carbocycles. The number of carbonyl (C=O) groups excluding carboxylic acids is 1. The van der Waals surface area contributed by atoms with Gasteiger partial charge in [0.05, 0.1) is 0 Å². The van der Waals surface area contributed by atoms with E-state index in [0.29, 0.717) is 12.0 Å². The lowest BCUT2D eigenvalue weighted by molar-refractivity contribution is -0.123. The van der Waals surface area contributed by atoms with E-state index in [1.807, 2.05) is 30.3 Å². The molecule has 0 bridgehead atoms. The molecule has 0 atom stereocenters. The number of ether oxygens (including phenoxy) is 2. The van der Waals surface area contributed by atoms with Gasteiger partial charge in [0, 0.05) is 25.8 Å². The first-order chi connectivity index (χ1) is 13.8. The van der Waals surface area contributed by atoms with Crippen LogP contribution in [0.5, 0.6) is 5.75 Å². The van der Waals surface area contributed by atoms with E-state index in [-0.39, 0.29) is 12.5 Å². The summed E-state index contributed by atoms with van der Waals surface area (Å²) in [5.41, 5.74) is 0. The highest BCUT2D eigenvalue weighted by molar-refractivity contribution is 5.84. The van der Waals surface area contributed by atoms with Crippen LogP contribution in [0.4, 0.5) is 0 Å². The fourth-order valence-electron chi connectivity index (χ4n) is 4.29. The molecule has 0 spiro atoms. The molecule has 2 saturated heterocycles. The quantitative estimate of drug-likeness (QED) is 0.833. The van der Waals surface area contributed by atoms with Crippen molar-refractivity contribution in [2.45, 2.75) is 31.7 Å². The minimum absolute atomic E-state index is 0.0417. The molecular weight excluding hydrogens is 352 g/mol. The summed E-state index contributed by atoms with van der Waals surface area (Å²) in [5.74, 6) is 1.26. The van der Waals surface area contributed by atoms with Gasteiger partial charge in [0.15, 0.2) is 6.61 Å². The molecule has 0 aromatic heterocycles. The van der Waals surface area contributed by atoms with Gasteiger partial charge in [-0.25, -0.2) is 0 Å². The molecular formula is C23H30N2O3. The predicted octanol–water partition coefficient (Wildman–Crippen LogP) is 3.23. The van der Waals surface area contributed by atoms with Crippen molar-refractivity contribution in [3.8, 4) is 5.75 Å². The molecule has 0 radical (unpaired) electrons. The van der Waals surface area contributed by atoms with Crippen molar-refractivity contribution in [1.29, 1.82) is 0 Å². The first kappa shape index (κ1) is 19.2. The highest BCUT2D eigenvalue weighted by Crippen LogP contribution is 2.23. The minimum atomic E-state index is -0.0417. The predicted molar refractivity (Wildman–Crippen MR) is 111 cm³/mol. The maximum Gasteiger partial charge on any atom is 0.257 e. The van der Waals surface area contributed by atoms with Gasteiger partial charge in [0.25, 0.3) is 5.91 Å². The Bertz CT molecular complexity index is 780. The summed E-state index contributed by atoms with van der Waals surface area (Å²) in [6.45, 7) is 4.90. The van der Waals surface area contributed by atoms with Crippen LogP contribution in [0.1, 0.15) is 25.7 Å². The normalized spacial score (nSPS) is 19.6. The molecule has 2 aliphatic heterocycles. The van der Waals surface area contributed by atoms with Crippen LogP contribution < -0.4 is 10.1 Å². The average molecular weight is 383 g/mol. The lowest BCUT2D eigenvalue weighted by Gasteiger charge is -2.39. The van der Waals surface area contributed by atoms with E-state index in [4.69, 9.17) is 9.47 Å². The van der Waals surface area contributed by atoms with Crippen molar-refractivity contribution in [2.24, 2.45) is 5.92 Å². The van der Waals surface area contributed by atoms with Crippen LogP contribution in [0.2, 0.25) is 0 Å². The molecule has 0 aliphatic carbocycles. The number of nitrogens with one attached hydrogen (secondary N) is 1. The Kier molecular flexibility index (Phi) is 6.45. The molecule has 5 heteroatoms. The summed E-state index contributed by atoms with van der Waals surface area (Å²) in [6, 6.07) is 14.8. The van der Waals surface area contributed by atoms with Crippen molar-refractivity contribution in [3.05, 3.63) is 42.5 Å². The van der Waals surface area contributed by atoms with E-state index in [1.165, 1.54) is 5.39 Å². The monoisotopic (exact) mass is 382 g/mol. The van der Waals surface area contributed by atoms with Crippen molar-refractivity contribution in [2.75, 3.05) is 39.5 Å². The summed E-state index contributed by atoms with van der Waals surface area (Å²) in [6.07, 6.45) is 4.63. The number of amides is 1. The zero-order valence-corrected chi connectivity index (χ0v) is 16.4. The van der Waals surface area contributed by atoms with E-state index in [0.717, 1.165) is 69.7 Å². The van der Waals surface area contributed by atoms with Gasteiger partial charge >= 0.3 is 0 Å². The van der Waals surface area contributed by atoms with Gasteiger partial charge < -0.3 is 19.7 Å². The number of likely N-dealkylation sites (tertiary alicyclic amines) is 1. The highest BCUT2D eigenvalue weighted by Gasteiger charge is 2.26. The van der Waals surface area contributed by atoms with Gasteiger partial charge in [-0.1, -0.05) is 30.3 Å². The largest absolute Gasteiger partial charge is 0.484 e. The van der Waals surface area contributed by atoms with Crippen molar-refractivity contribution in [1.82, 2.24) is 10.2 Å². The van der Waals surface area contributed by atoms with Gasteiger partial charge in [0.2, 0.25) is 0 Å². The topological polar surface area (TPSA) is 50.8 Å². The third-order valence-corrected chi connectivity index (χ3v) is 6.04. The van der Waals surface area contributed by atoms with Gasteiger partial charge in [-0.05, 0) is 67.6 Å². The summed E-state index contributed by atoms with van der Waals surface area (Å²) < 4.78 is 11.1. The molecule has 1 amide bonds. The van der Waals surface area contributed by atoms with Crippen molar-refractivity contribution < 1.29 is 14.3 Å². The first-order valence-corrected chi connectivity index (χ1v) is 10.5. The fourth-order valence-corrected chi connectivity index (χ4v) is 4.29. The fraction of sp³-hybridized carbons (Fsp3) is 0.522. The van der Waals surface area contributed by atoms with E-state index < -0.39 is 0 Å². The Morgan fingerprint density at radius 1 is 1.04 bits per heavy atom. The highest BCUT2D eigenvalue weighted by atomic mass is 16.5.